The number of aromatic nitrogens is 2. The predicted octanol–water partition coefficient (Wildman–Crippen LogP) is 5.11. The van der Waals surface area contributed by atoms with Gasteiger partial charge in [-0.15, -0.1) is 0 Å². The van der Waals surface area contributed by atoms with Gasteiger partial charge in [0, 0.05) is 5.56 Å². The Balaban J connectivity index is 1.23. The zero-order valence-corrected chi connectivity index (χ0v) is 16.8. The molecule has 0 bridgehead atoms. The van der Waals surface area contributed by atoms with Crippen LogP contribution in [0.2, 0.25) is 0 Å². The van der Waals surface area contributed by atoms with Gasteiger partial charge in [0.2, 0.25) is 0 Å². The molecule has 2 aromatic carbocycles. The maximum absolute atomic E-state index is 12.6. The van der Waals surface area contributed by atoms with Crippen molar-refractivity contribution in [3.63, 3.8) is 0 Å². The van der Waals surface area contributed by atoms with E-state index < -0.39 is 0 Å². The zero-order valence-electron chi connectivity index (χ0n) is 16.8. The van der Waals surface area contributed by atoms with Crippen molar-refractivity contribution in [3.8, 4) is 5.75 Å². The maximum atomic E-state index is 12.6. The molecule has 5 rings (SSSR count). The Morgan fingerprint density at radius 3 is 2.43 bits per heavy atom. The highest BCUT2D eigenvalue weighted by Gasteiger charge is 2.50. The van der Waals surface area contributed by atoms with Crippen molar-refractivity contribution >= 4 is 11.9 Å². The van der Waals surface area contributed by atoms with Gasteiger partial charge in [-0.25, -0.2) is 0 Å². The molecule has 0 atom stereocenters. The molecule has 1 N–H and O–H groups in total. The number of benzene rings is 2. The quantitative estimate of drug-likeness (QED) is 0.619. The average molecular weight is 403 g/mol. The first-order valence-corrected chi connectivity index (χ1v) is 10.7. The van der Waals surface area contributed by atoms with E-state index in [4.69, 9.17) is 9.26 Å². The lowest BCUT2D eigenvalue weighted by atomic mass is 9.95. The SMILES string of the molecule is O=C(Nc1nc(C2(c3ccccc3)CC2)no1)c1ccc(OC2CCCCC2)cc1. The first-order chi connectivity index (χ1) is 14.7. The van der Waals surface area contributed by atoms with Crippen molar-refractivity contribution in [1.82, 2.24) is 10.1 Å². The first kappa shape index (κ1) is 18.9. The van der Waals surface area contributed by atoms with Crippen LogP contribution in [0.4, 0.5) is 6.01 Å². The molecule has 1 amide bonds. The number of rotatable bonds is 6. The molecule has 30 heavy (non-hydrogen) atoms. The molecule has 3 aromatic rings. The number of amides is 1. The van der Waals surface area contributed by atoms with Gasteiger partial charge in [-0.2, -0.15) is 4.98 Å². The highest BCUT2D eigenvalue weighted by atomic mass is 16.5. The second-order valence-electron chi connectivity index (χ2n) is 8.23. The number of carbonyl (C=O) groups excluding carboxylic acids is 1. The molecule has 2 saturated carbocycles. The summed E-state index contributed by atoms with van der Waals surface area (Å²) in [5.74, 6) is 1.15. The van der Waals surface area contributed by atoms with E-state index in [0.717, 1.165) is 31.4 Å². The Kier molecular flexibility index (Phi) is 4.99. The van der Waals surface area contributed by atoms with E-state index in [0.29, 0.717) is 11.4 Å². The zero-order chi connectivity index (χ0) is 20.4. The minimum Gasteiger partial charge on any atom is -0.490 e. The van der Waals surface area contributed by atoms with Gasteiger partial charge < -0.3 is 9.26 Å². The maximum Gasteiger partial charge on any atom is 0.328 e. The number of anilines is 1. The van der Waals surface area contributed by atoms with Crippen molar-refractivity contribution in [2.45, 2.75) is 56.5 Å². The number of nitrogens with one attached hydrogen (secondary N) is 1. The Morgan fingerprint density at radius 2 is 1.73 bits per heavy atom. The van der Waals surface area contributed by atoms with E-state index in [1.54, 1.807) is 12.1 Å². The summed E-state index contributed by atoms with van der Waals surface area (Å²) < 4.78 is 11.3. The van der Waals surface area contributed by atoms with Crippen molar-refractivity contribution in [3.05, 3.63) is 71.5 Å². The van der Waals surface area contributed by atoms with Crippen LogP contribution >= 0.6 is 0 Å². The lowest BCUT2D eigenvalue weighted by Crippen LogP contribution is -2.19. The third-order valence-corrected chi connectivity index (χ3v) is 6.12. The third-order valence-electron chi connectivity index (χ3n) is 6.12. The van der Waals surface area contributed by atoms with Crippen LogP contribution in [-0.4, -0.2) is 22.2 Å². The van der Waals surface area contributed by atoms with E-state index in [2.05, 4.69) is 27.6 Å². The molecule has 0 saturated heterocycles. The molecule has 0 unspecified atom stereocenters. The number of hydrogen-bond donors (Lipinski definition) is 1. The van der Waals surface area contributed by atoms with Gasteiger partial charge in [-0.1, -0.05) is 41.9 Å². The Hall–Kier alpha value is -3.15. The van der Waals surface area contributed by atoms with Crippen LogP contribution in [0.1, 0.15) is 66.7 Å². The summed E-state index contributed by atoms with van der Waals surface area (Å²) in [5.41, 5.74) is 1.51. The molecule has 1 heterocycles. The van der Waals surface area contributed by atoms with Gasteiger partial charge in [0.1, 0.15) is 5.75 Å². The normalized spacial score (nSPS) is 18.0. The van der Waals surface area contributed by atoms with Crippen LogP contribution in [0.25, 0.3) is 0 Å². The number of nitrogens with zero attached hydrogens (tertiary/aromatic N) is 2. The van der Waals surface area contributed by atoms with Crippen LogP contribution in [0.3, 0.4) is 0 Å². The molecule has 6 nitrogen and oxygen atoms in total. The van der Waals surface area contributed by atoms with E-state index in [1.807, 2.05) is 30.3 Å². The summed E-state index contributed by atoms with van der Waals surface area (Å²) in [5, 5.41) is 6.84. The summed E-state index contributed by atoms with van der Waals surface area (Å²) in [7, 11) is 0. The summed E-state index contributed by atoms with van der Waals surface area (Å²) in [6.07, 6.45) is 8.20. The van der Waals surface area contributed by atoms with E-state index >= 15 is 0 Å². The Labute approximate surface area is 175 Å². The van der Waals surface area contributed by atoms with Crippen LogP contribution in [0.15, 0.2) is 59.1 Å². The first-order valence-electron chi connectivity index (χ1n) is 10.7. The van der Waals surface area contributed by atoms with Crippen LogP contribution in [0, 0.1) is 0 Å². The molecule has 0 aliphatic heterocycles. The van der Waals surface area contributed by atoms with Gasteiger partial charge in [-0.3, -0.25) is 10.1 Å². The fourth-order valence-corrected chi connectivity index (χ4v) is 4.22. The minimum absolute atomic E-state index is 0.125. The lowest BCUT2D eigenvalue weighted by molar-refractivity contribution is 0.102. The van der Waals surface area contributed by atoms with Crippen LogP contribution < -0.4 is 10.1 Å². The van der Waals surface area contributed by atoms with Gasteiger partial charge >= 0.3 is 6.01 Å². The monoisotopic (exact) mass is 403 g/mol. The molecule has 2 aliphatic rings. The minimum atomic E-state index is -0.279. The highest BCUT2D eigenvalue weighted by molar-refractivity contribution is 6.03. The average Bonchev–Trinajstić information content (AvgIpc) is 3.48. The number of ether oxygens (including phenoxy) is 1. The number of hydrogen-bond acceptors (Lipinski definition) is 5. The molecular formula is C24H25N3O3. The number of carbonyl (C=O) groups is 1. The predicted molar refractivity (Wildman–Crippen MR) is 113 cm³/mol. The summed E-state index contributed by atoms with van der Waals surface area (Å²) in [6.45, 7) is 0. The van der Waals surface area contributed by atoms with Gasteiger partial charge in [0.15, 0.2) is 5.82 Å². The topological polar surface area (TPSA) is 77.3 Å². The Bertz CT molecular complexity index is 1000. The molecule has 0 spiro atoms. The van der Waals surface area contributed by atoms with E-state index in [1.165, 1.54) is 24.8 Å². The van der Waals surface area contributed by atoms with E-state index in [-0.39, 0.29) is 23.4 Å². The fraction of sp³-hybridized carbons (Fsp3) is 0.375. The van der Waals surface area contributed by atoms with Crippen molar-refractivity contribution < 1.29 is 14.1 Å². The smallest absolute Gasteiger partial charge is 0.328 e. The Morgan fingerprint density at radius 1 is 1.00 bits per heavy atom. The van der Waals surface area contributed by atoms with Crippen LogP contribution in [0.5, 0.6) is 5.75 Å². The van der Waals surface area contributed by atoms with Crippen molar-refractivity contribution in [2.24, 2.45) is 0 Å². The van der Waals surface area contributed by atoms with Crippen molar-refractivity contribution in [1.29, 1.82) is 0 Å². The van der Waals surface area contributed by atoms with Crippen molar-refractivity contribution in [2.75, 3.05) is 5.32 Å². The third kappa shape index (κ3) is 3.82. The standard InChI is InChI=1S/C24H25N3O3/c28-21(17-11-13-20(14-12-17)29-19-9-5-2-6-10-19)25-23-26-22(27-30-23)24(15-16-24)18-7-3-1-4-8-18/h1,3-4,7-8,11-14,19H,2,5-6,9-10,15-16H2,(H,25,26,27,28). The second-order valence-corrected chi connectivity index (χ2v) is 8.23. The van der Waals surface area contributed by atoms with Crippen LogP contribution in [-0.2, 0) is 5.41 Å². The van der Waals surface area contributed by atoms with Gasteiger partial charge in [-0.05, 0) is 68.4 Å². The molecule has 6 heteroatoms. The van der Waals surface area contributed by atoms with E-state index in [9.17, 15) is 4.79 Å². The molecular weight excluding hydrogens is 378 g/mol. The summed E-state index contributed by atoms with van der Waals surface area (Å²) >= 11 is 0. The fourth-order valence-electron chi connectivity index (χ4n) is 4.22. The molecule has 154 valence electrons. The summed E-state index contributed by atoms with van der Waals surface area (Å²) in [6, 6.07) is 17.5. The summed E-state index contributed by atoms with van der Waals surface area (Å²) in [4.78, 5) is 17.0. The molecule has 2 fully saturated rings. The highest BCUT2D eigenvalue weighted by Crippen LogP contribution is 2.52. The van der Waals surface area contributed by atoms with Gasteiger partial charge in [0.05, 0.1) is 11.5 Å². The molecule has 2 aliphatic carbocycles. The van der Waals surface area contributed by atoms with Gasteiger partial charge in [0.25, 0.3) is 5.91 Å². The molecule has 1 aromatic heterocycles. The molecule has 0 radical (unpaired) electrons. The second kappa shape index (κ2) is 7.94. The lowest BCUT2D eigenvalue weighted by Gasteiger charge is -2.23. The largest absolute Gasteiger partial charge is 0.490 e.